The smallest absolute Gasteiger partial charge is 0.345 e. The number of amides is 1. The molecule has 0 atom stereocenters. The lowest BCUT2D eigenvalue weighted by Crippen LogP contribution is -2.21. The van der Waals surface area contributed by atoms with Crippen molar-refractivity contribution in [3.05, 3.63) is 68.6 Å². The fourth-order valence-electron chi connectivity index (χ4n) is 2.36. The Kier molecular flexibility index (Phi) is 5.83. The van der Waals surface area contributed by atoms with Crippen molar-refractivity contribution in [2.24, 2.45) is 0 Å². The number of hydrogen-bond donors (Lipinski definition) is 1. The van der Waals surface area contributed by atoms with Gasteiger partial charge in [-0.15, -0.1) is 10.2 Å². The van der Waals surface area contributed by atoms with Gasteiger partial charge in [-0.2, -0.15) is 13.2 Å². The van der Waals surface area contributed by atoms with Crippen LogP contribution in [0.3, 0.4) is 0 Å². The second-order valence-corrected chi connectivity index (χ2v) is 6.88. The van der Waals surface area contributed by atoms with E-state index in [4.69, 9.17) is 34.8 Å². The Morgan fingerprint density at radius 2 is 1.89 bits per heavy atom. The van der Waals surface area contributed by atoms with Gasteiger partial charge in [-0.25, -0.2) is 0 Å². The minimum absolute atomic E-state index is 0.0919. The Hall–Kier alpha value is -2.29. The summed E-state index contributed by atoms with van der Waals surface area (Å²) in [5.74, 6) is -0.407. The summed E-state index contributed by atoms with van der Waals surface area (Å²) < 4.78 is 40.4. The summed E-state index contributed by atoms with van der Waals surface area (Å²) in [7, 11) is 0. The molecule has 2 heterocycles. The van der Waals surface area contributed by atoms with Crippen LogP contribution in [0.4, 0.5) is 13.2 Å². The summed E-state index contributed by atoms with van der Waals surface area (Å²) in [6, 6.07) is 5.56. The van der Waals surface area contributed by atoms with Crippen LogP contribution in [0, 0.1) is 0 Å². The van der Waals surface area contributed by atoms with Gasteiger partial charge in [0.1, 0.15) is 5.56 Å². The maximum absolute atomic E-state index is 13.1. The summed E-state index contributed by atoms with van der Waals surface area (Å²) in [5.41, 5.74) is -0.831. The van der Waals surface area contributed by atoms with Crippen molar-refractivity contribution in [1.29, 1.82) is 0 Å². The highest BCUT2D eigenvalue weighted by molar-refractivity contribution is 6.35. The second kappa shape index (κ2) is 7.98. The lowest BCUT2D eigenvalue weighted by atomic mass is 10.2. The van der Waals surface area contributed by atoms with Crippen LogP contribution in [0.15, 0.2) is 36.5 Å². The van der Waals surface area contributed by atoms with Crippen molar-refractivity contribution in [3.8, 4) is 0 Å². The molecule has 0 saturated carbocycles. The molecule has 0 aliphatic carbocycles. The van der Waals surface area contributed by atoms with Crippen molar-refractivity contribution in [3.63, 3.8) is 0 Å². The first-order valence-corrected chi connectivity index (χ1v) is 8.80. The molecular weight excluding hydrogens is 440 g/mol. The molecule has 11 heteroatoms. The lowest BCUT2D eigenvalue weighted by Gasteiger charge is -2.09. The number of halogens is 6. The van der Waals surface area contributed by atoms with Gasteiger partial charge in [0.05, 0.1) is 11.6 Å². The maximum atomic E-state index is 13.1. The molecule has 1 N–H and O–H groups in total. The summed E-state index contributed by atoms with van der Waals surface area (Å²) in [5, 5.41) is 10.5. The number of benzene rings is 1. The quantitative estimate of drug-likeness (QED) is 0.568. The van der Waals surface area contributed by atoms with Crippen LogP contribution in [-0.4, -0.2) is 20.5 Å². The third-order valence-electron chi connectivity index (χ3n) is 3.64. The normalized spacial score (nSPS) is 12.1. The largest absolute Gasteiger partial charge is 0.420 e. The summed E-state index contributed by atoms with van der Waals surface area (Å²) in [6.07, 6.45) is -0.682. The van der Waals surface area contributed by atoms with E-state index in [0.717, 1.165) is 10.5 Å². The Balaban J connectivity index is 1.76. The molecule has 1 aromatic carbocycles. The van der Waals surface area contributed by atoms with E-state index in [-0.39, 0.29) is 17.4 Å². The second-order valence-electron chi connectivity index (χ2n) is 5.60. The van der Waals surface area contributed by atoms with Crippen molar-refractivity contribution >= 4 is 52.4 Å². The van der Waals surface area contributed by atoms with E-state index < -0.39 is 23.3 Å². The van der Waals surface area contributed by atoms with Gasteiger partial charge in [0.15, 0.2) is 11.5 Å². The average molecular weight is 450 g/mol. The molecule has 3 rings (SSSR count). The summed E-state index contributed by atoms with van der Waals surface area (Å²) in [6.45, 7) is -0.156. The van der Waals surface area contributed by atoms with E-state index in [9.17, 15) is 18.0 Å². The molecule has 1 amide bonds. The SMILES string of the molecule is O=C(/C=C/c1ccc(Cl)cc1Cl)NCc1nnc2c(C(F)(F)F)cc(Cl)cn12. The number of fused-ring (bicyclic) bond motifs is 1. The van der Waals surface area contributed by atoms with Crippen LogP contribution in [0.2, 0.25) is 15.1 Å². The lowest BCUT2D eigenvalue weighted by molar-refractivity contribution is -0.136. The molecule has 2 aromatic heterocycles. The number of pyridine rings is 1. The fourth-order valence-corrected chi connectivity index (χ4v) is 3.04. The topological polar surface area (TPSA) is 59.3 Å². The van der Waals surface area contributed by atoms with E-state index in [0.29, 0.717) is 15.6 Å². The molecule has 0 radical (unpaired) electrons. The molecule has 0 spiro atoms. The molecular formula is C17H10Cl3F3N4O. The van der Waals surface area contributed by atoms with E-state index in [1.165, 1.54) is 24.4 Å². The highest BCUT2D eigenvalue weighted by Gasteiger charge is 2.35. The van der Waals surface area contributed by atoms with Gasteiger partial charge in [0.2, 0.25) is 5.91 Å². The van der Waals surface area contributed by atoms with Gasteiger partial charge in [0, 0.05) is 22.3 Å². The molecule has 146 valence electrons. The zero-order chi connectivity index (χ0) is 20.5. The van der Waals surface area contributed by atoms with E-state index >= 15 is 0 Å². The predicted molar refractivity (Wildman–Crippen MR) is 100 cm³/mol. The number of nitrogens with one attached hydrogen (secondary N) is 1. The third kappa shape index (κ3) is 4.57. The molecule has 28 heavy (non-hydrogen) atoms. The van der Waals surface area contributed by atoms with E-state index in [2.05, 4.69) is 15.5 Å². The Bertz CT molecular complexity index is 1080. The Morgan fingerprint density at radius 1 is 1.14 bits per heavy atom. The van der Waals surface area contributed by atoms with Crippen LogP contribution >= 0.6 is 34.8 Å². The zero-order valence-electron chi connectivity index (χ0n) is 13.8. The Labute approximate surface area is 171 Å². The number of hydrogen-bond acceptors (Lipinski definition) is 3. The molecule has 0 fully saturated rings. The molecule has 0 aliphatic rings. The average Bonchev–Trinajstić information content (AvgIpc) is 3.00. The summed E-state index contributed by atoms with van der Waals surface area (Å²) in [4.78, 5) is 12.0. The molecule has 0 saturated heterocycles. The van der Waals surface area contributed by atoms with Crippen molar-refractivity contribution < 1.29 is 18.0 Å². The number of carbonyl (C=O) groups is 1. The third-order valence-corrected chi connectivity index (χ3v) is 4.41. The number of alkyl halides is 3. The van der Waals surface area contributed by atoms with Gasteiger partial charge in [0.25, 0.3) is 0 Å². The van der Waals surface area contributed by atoms with Crippen LogP contribution in [0.1, 0.15) is 17.0 Å². The van der Waals surface area contributed by atoms with Crippen LogP contribution < -0.4 is 5.32 Å². The first-order valence-electron chi connectivity index (χ1n) is 7.66. The van der Waals surface area contributed by atoms with Gasteiger partial charge in [-0.1, -0.05) is 40.9 Å². The highest BCUT2D eigenvalue weighted by atomic mass is 35.5. The minimum atomic E-state index is -4.64. The van der Waals surface area contributed by atoms with Crippen molar-refractivity contribution in [1.82, 2.24) is 19.9 Å². The predicted octanol–water partition coefficient (Wildman–Crippen LogP) is 5.04. The van der Waals surface area contributed by atoms with Crippen molar-refractivity contribution in [2.75, 3.05) is 0 Å². The number of nitrogens with zero attached hydrogens (tertiary/aromatic N) is 3. The van der Waals surface area contributed by atoms with E-state index in [1.54, 1.807) is 12.1 Å². The number of rotatable bonds is 4. The monoisotopic (exact) mass is 448 g/mol. The van der Waals surface area contributed by atoms with Crippen molar-refractivity contribution in [2.45, 2.75) is 12.7 Å². The van der Waals surface area contributed by atoms with Crippen LogP contribution in [-0.2, 0) is 17.5 Å². The van der Waals surface area contributed by atoms with Gasteiger partial charge in [-0.05, 0) is 29.8 Å². The van der Waals surface area contributed by atoms with Gasteiger partial charge >= 0.3 is 6.18 Å². The zero-order valence-corrected chi connectivity index (χ0v) is 16.0. The van der Waals surface area contributed by atoms with E-state index in [1.807, 2.05) is 0 Å². The van der Waals surface area contributed by atoms with Crippen LogP contribution in [0.5, 0.6) is 0 Å². The number of carbonyl (C=O) groups excluding carboxylic acids is 1. The number of aromatic nitrogens is 3. The Morgan fingerprint density at radius 3 is 2.57 bits per heavy atom. The molecule has 3 aromatic rings. The van der Waals surface area contributed by atoms with Gasteiger partial charge in [-0.3, -0.25) is 9.20 Å². The fraction of sp³-hybridized carbons (Fsp3) is 0.118. The molecule has 0 aliphatic heterocycles. The first kappa shape index (κ1) is 20.4. The molecule has 5 nitrogen and oxygen atoms in total. The highest BCUT2D eigenvalue weighted by Crippen LogP contribution is 2.33. The van der Waals surface area contributed by atoms with Gasteiger partial charge < -0.3 is 5.32 Å². The summed E-state index contributed by atoms with van der Waals surface area (Å²) >= 11 is 17.6. The van der Waals surface area contributed by atoms with Crippen LogP contribution in [0.25, 0.3) is 11.7 Å². The molecule has 0 bridgehead atoms. The minimum Gasteiger partial charge on any atom is -0.345 e. The standard InChI is InChI=1S/C17H10Cl3F3N4O/c18-10-3-1-9(13(20)6-10)2-4-15(28)24-7-14-25-26-16-12(17(21,22)23)5-11(19)8-27(14)16/h1-6,8H,7H2,(H,24,28)/b4-2+. The maximum Gasteiger partial charge on any atom is 0.420 e. The first-order chi connectivity index (χ1) is 13.1. The molecule has 0 unspecified atom stereocenters.